The molecule has 0 rings (SSSR count). The third-order valence-electron chi connectivity index (χ3n) is 1.90. The highest BCUT2D eigenvalue weighted by Crippen LogP contribution is 2.05. The molecule has 2 heteroatoms. The molecule has 0 aromatic rings. The van der Waals surface area contributed by atoms with Crippen molar-refractivity contribution in [2.75, 3.05) is 13.7 Å². The summed E-state index contributed by atoms with van der Waals surface area (Å²) in [7, 11) is 1.88. The topological polar surface area (TPSA) is 32.3 Å². The first-order valence-electron chi connectivity index (χ1n) is 3.54. The molecule has 0 bridgehead atoms. The Morgan fingerprint density at radius 3 is 2.22 bits per heavy atom. The highest BCUT2D eigenvalue weighted by Gasteiger charge is 2.10. The minimum Gasteiger partial charge on any atom is -0.395 e. The summed E-state index contributed by atoms with van der Waals surface area (Å²) in [6, 6.07) is 0.273. The van der Waals surface area contributed by atoms with Crippen molar-refractivity contribution in [2.24, 2.45) is 5.92 Å². The molecule has 0 aromatic carbocycles. The van der Waals surface area contributed by atoms with Gasteiger partial charge in [-0.05, 0) is 13.0 Å². The molecule has 9 heavy (non-hydrogen) atoms. The van der Waals surface area contributed by atoms with Crippen LogP contribution < -0.4 is 5.32 Å². The SMILES string of the molecule is CC[C@@H](C)[C@H](CO)NC. The molecule has 0 saturated carbocycles. The lowest BCUT2D eigenvalue weighted by Gasteiger charge is -2.19. The average molecular weight is 131 g/mol. The van der Waals surface area contributed by atoms with E-state index in [9.17, 15) is 0 Å². The van der Waals surface area contributed by atoms with Crippen molar-refractivity contribution in [1.29, 1.82) is 0 Å². The van der Waals surface area contributed by atoms with Crippen LogP contribution in [0.15, 0.2) is 0 Å². The van der Waals surface area contributed by atoms with E-state index in [1.165, 1.54) is 0 Å². The van der Waals surface area contributed by atoms with Crippen LogP contribution in [-0.2, 0) is 0 Å². The van der Waals surface area contributed by atoms with Crippen molar-refractivity contribution in [2.45, 2.75) is 26.3 Å². The van der Waals surface area contributed by atoms with Crippen LogP contribution in [0.4, 0.5) is 0 Å². The van der Waals surface area contributed by atoms with E-state index in [1.54, 1.807) is 0 Å². The van der Waals surface area contributed by atoms with Crippen LogP contribution >= 0.6 is 0 Å². The standard InChI is InChI=1S/C7H17NO/c1-4-6(2)7(5-9)8-3/h6-9H,4-5H2,1-3H3/t6-,7+/m1/s1. The Balaban J connectivity index is 3.50. The molecule has 2 N–H and O–H groups in total. The summed E-state index contributed by atoms with van der Waals surface area (Å²) in [5.41, 5.74) is 0. The smallest absolute Gasteiger partial charge is 0.0587 e. The fraction of sp³-hybridized carbons (Fsp3) is 1.00. The molecule has 2 nitrogen and oxygen atoms in total. The Labute approximate surface area is 57.3 Å². The molecule has 0 spiro atoms. The largest absolute Gasteiger partial charge is 0.395 e. The van der Waals surface area contributed by atoms with E-state index in [0.717, 1.165) is 6.42 Å². The quantitative estimate of drug-likeness (QED) is 0.586. The molecule has 0 fully saturated rings. The molecule has 0 heterocycles. The third-order valence-corrected chi connectivity index (χ3v) is 1.90. The first-order chi connectivity index (χ1) is 4.26. The predicted molar refractivity (Wildman–Crippen MR) is 39.4 cm³/mol. The Bertz CT molecular complexity index is 61.9. The Hall–Kier alpha value is -0.0800. The normalized spacial score (nSPS) is 17.3. The first kappa shape index (κ1) is 8.92. The van der Waals surface area contributed by atoms with Crippen molar-refractivity contribution < 1.29 is 5.11 Å². The maximum atomic E-state index is 8.77. The predicted octanol–water partition coefficient (Wildman–Crippen LogP) is 0.613. The van der Waals surface area contributed by atoms with Crippen molar-refractivity contribution in [3.05, 3.63) is 0 Å². The molecule has 0 aromatic heterocycles. The average Bonchev–Trinajstić information content (AvgIpc) is 1.90. The summed E-state index contributed by atoms with van der Waals surface area (Å²) < 4.78 is 0. The fourth-order valence-corrected chi connectivity index (χ4v) is 0.840. The summed E-state index contributed by atoms with van der Waals surface area (Å²) in [4.78, 5) is 0. The molecule has 0 aliphatic carbocycles. The van der Waals surface area contributed by atoms with Gasteiger partial charge in [-0.3, -0.25) is 0 Å². The first-order valence-corrected chi connectivity index (χ1v) is 3.54. The van der Waals surface area contributed by atoms with Gasteiger partial charge in [0.1, 0.15) is 0 Å². The Morgan fingerprint density at radius 1 is 1.56 bits per heavy atom. The van der Waals surface area contributed by atoms with Crippen LogP contribution in [0.5, 0.6) is 0 Å². The van der Waals surface area contributed by atoms with E-state index >= 15 is 0 Å². The molecule has 0 unspecified atom stereocenters. The summed E-state index contributed by atoms with van der Waals surface area (Å²) in [6.45, 7) is 4.51. The van der Waals surface area contributed by atoms with E-state index in [0.29, 0.717) is 5.92 Å². The lowest BCUT2D eigenvalue weighted by atomic mass is 10.0. The van der Waals surface area contributed by atoms with Crippen molar-refractivity contribution in [3.63, 3.8) is 0 Å². The maximum absolute atomic E-state index is 8.77. The van der Waals surface area contributed by atoms with Crippen LogP contribution in [-0.4, -0.2) is 24.8 Å². The van der Waals surface area contributed by atoms with E-state index in [2.05, 4.69) is 19.2 Å². The van der Waals surface area contributed by atoms with Gasteiger partial charge in [-0.25, -0.2) is 0 Å². The van der Waals surface area contributed by atoms with Crippen LogP contribution in [0.25, 0.3) is 0 Å². The van der Waals surface area contributed by atoms with Gasteiger partial charge < -0.3 is 10.4 Å². The number of aliphatic hydroxyl groups is 1. The van der Waals surface area contributed by atoms with Gasteiger partial charge in [-0.15, -0.1) is 0 Å². The molecule has 0 saturated heterocycles. The minimum absolute atomic E-state index is 0.242. The lowest BCUT2D eigenvalue weighted by molar-refractivity contribution is 0.209. The van der Waals surface area contributed by atoms with E-state index in [1.807, 2.05) is 7.05 Å². The molecule has 2 atom stereocenters. The van der Waals surface area contributed by atoms with Gasteiger partial charge in [0.25, 0.3) is 0 Å². The van der Waals surface area contributed by atoms with Crippen LogP contribution in [0.2, 0.25) is 0 Å². The number of hydrogen-bond donors (Lipinski definition) is 2. The number of nitrogens with one attached hydrogen (secondary N) is 1. The van der Waals surface area contributed by atoms with Gasteiger partial charge in [0, 0.05) is 6.04 Å². The van der Waals surface area contributed by atoms with Gasteiger partial charge in [-0.2, -0.15) is 0 Å². The van der Waals surface area contributed by atoms with Gasteiger partial charge in [0.05, 0.1) is 6.61 Å². The molecular formula is C7H17NO. The number of rotatable bonds is 4. The van der Waals surface area contributed by atoms with Crippen molar-refractivity contribution >= 4 is 0 Å². The fourth-order valence-electron chi connectivity index (χ4n) is 0.840. The molecule has 0 aliphatic heterocycles. The number of aliphatic hydroxyl groups excluding tert-OH is 1. The summed E-state index contributed by atoms with van der Waals surface area (Å²) in [5.74, 6) is 0.569. The second-order valence-corrected chi connectivity index (χ2v) is 2.46. The van der Waals surface area contributed by atoms with Gasteiger partial charge >= 0.3 is 0 Å². The molecule has 0 amide bonds. The van der Waals surface area contributed by atoms with E-state index < -0.39 is 0 Å². The highest BCUT2D eigenvalue weighted by atomic mass is 16.3. The summed E-state index contributed by atoms with van der Waals surface area (Å²) >= 11 is 0. The molecule has 0 aliphatic rings. The zero-order valence-electron chi connectivity index (χ0n) is 6.52. The van der Waals surface area contributed by atoms with Crippen LogP contribution in [0.3, 0.4) is 0 Å². The summed E-state index contributed by atoms with van der Waals surface area (Å²) in [5, 5.41) is 11.8. The Morgan fingerprint density at radius 2 is 2.11 bits per heavy atom. The third kappa shape index (κ3) is 2.82. The minimum atomic E-state index is 0.242. The zero-order valence-corrected chi connectivity index (χ0v) is 6.52. The van der Waals surface area contributed by atoms with E-state index in [-0.39, 0.29) is 12.6 Å². The van der Waals surface area contributed by atoms with Crippen LogP contribution in [0, 0.1) is 5.92 Å². The monoisotopic (exact) mass is 131 g/mol. The lowest BCUT2D eigenvalue weighted by Crippen LogP contribution is -2.34. The van der Waals surface area contributed by atoms with Gasteiger partial charge in [-0.1, -0.05) is 20.3 Å². The zero-order chi connectivity index (χ0) is 7.28. The molecular weight excluding hydrogens is 114 g/mol. The highest BCUT2D eigenvalue weighted by molar-refractivity contribution is 4.68. The van der Waals surface area contributed by atoms with E-state index in [4.69, 9.17) is 5.11 Å². The summed E-state index contributed by atoms with van der Waals surface area (Å²) in [6.07, 6.45) is 1.12. The number of likely N-dealkylation sites (N-methyl/N-ethyl adjacent to an activating group) is 1. The second kappa shape index (κ2) is 4.77. The number of hydrogen-bond acceptors (Lipinski definition) is 2. The maximum Gasteiger partial charge on any atom is 0.0587 e. The van der Waals surface area contributed by atoms with Crippen molar-refractivity contribution in [1.82, 2.24) is 5.32 Å². The Kier molecular flexibility index (Phi) is 4.72. The van der Waals surface area contributed by atoms with Crippen molar-refractivity contribution in [3.8, 4) is 0 Å². The molecule has 56 valence electrons. The molecule has 0 radical (unpaired) electrons. The van der Waals surface area contributed by atoms with Gasteiger partial charge in [0.2, 0.25) is 0 Å². The van der Waals surface area contributed by atoms with Crippen LogP contribution in [0.1, 0.15) is 20.3 Å². The second-order valence-electron chi connectivity index (χ2n) is 2.46. The van der Waals surface area contributed by atoms with Gasteiger partial charge in [0.15, 0.2) is 0 Å².